The molecule has 1 aromatic carbocycles. The van der Waals surface area contributed by atoms with Gasteiger partial charge in [0.15, 0.2) is 6.10 Å². The van der Waals surface area contributed by atoms with Gasteiger partial charge in [0.1, 0.15) is 5.75 Å². The SMILES string of the molecule is Cc1cccc(OC(C)C(=O)N2CCCC(C(=O)NCCN)C2)c1. The van der Waals surface area contributed by atoms with Gasteiger partial charge in [-0.25, -0.2) is 0 Å². The van der Waals surface area contributed by atoms with Gasteiger partial charge in [0, 0.05) is 26.2 Å². The smallest absolute Gasteiger partial charge is 0.263 e. The number of amides is 2. The maximum absolute atomic E-state index is 12.6. The van der Waals surface area contributed by atoms with Crippen LogP contribution in [0.3, 0.4) is 0 Å². The van der Waals surface area contributed by atoms with Crippen molar-refractivity contribution in [2.45, 2.75) is 32.8 Å². The highest BCUT2D eigenvalue weighted by atomic mass is 16.5. The molecule has 1 heterocycles. The van der Waals surface area contributed by atoms with Gasteiger partial charge in [0.2, 0.25) is 5.91 Å². The zero-order valence-electron chi connectivity index (χ0n) is 14.5. The maximum Gasteiger partial charge on any atom is 0.263 e. The third-order valence-corrected chi connectivity index (χ3v) is 4.20. The normalized spacial score (nSPS) is 18.8. The first-order valence-corrected chi connectivity index (χ1v) is 8.51. The predicted octanol–water partition coefficient (Wildman–Crippen LogP) is 1.08. The average Bonchev–Trinajstić information content (AvgIpc) is 2.59. The number of nitrogens with zero attached hydrogens (tertiary/aromatic N) is 1. The highest BCUT2D eigenvalue weighted by molar-refractivity contribution is 5.83. The summed E-state index contributed by atoms with van der Waals surface area (Å²) in [4.78, 5) is 26.4. The second-order valence-corrected chi connectivity index (χ2v) is 6.28. The average molecular weight is 333 g/mol. The summed E-state index contributed by atoms with van der Waals surface area (Å²) in [5.41, 5.74) is 6.49. The molecule has 0 saturated carbocycles. The molecule has 1 aromatic rings. The largest absolute Gasteiger partial charge is 0.481 e. The van der Waals surface area contributed by atoms with Crippen molar-refractivity contribution in [2.24, 2.45) is 11.7 Å². The predicted molar refractivity (Wildman–Crippen MR) is 92.6 cm³/mol. The number of aryl methyl sites for hydroxylation is 1. The lowest BCUT2D eigenvalue weighted by molar-refractivity contribution is -0.141. The Bertz CT molecular complexity index is 576. The Balaban J connectivity index is 1.92. The van der Waals surface area contributed by atoms with Crippen molar-refractivity contribution < 1.29 is 14.3 Å². The van der Waals surface area contributed by atoms with Gasteiger partial charge >= 0.3 is 0 Å². The summed E-state index contributed by atoms with van der Waals surface area (Å²) in [5, 5.41) is 2.80. The molecule has 1 saturated heterocycles. The van der Waals surface area contributed by atoms with Crippen LogP contribution in [0.5, 0.6) is 5.75 Å². The maximum atomic E-state index is 12.6. The first-order chi connectivity index (χ1) is 11.5. The van der Waals surface area contributed by atoms with Gasteiger partial charge in [-0.2, -0.15) is 0 Å². The molecule has 0 bridgehead atoms. The fraction of sp³-hybridized carbons (Fsp3) is 0.556. The van der Waals surface area contributed by atoms with Crippen LogP contribution in [0, 0.1) is 12.8 Å². The van der Waals surface area contributed by atoms with E-state index in [0.717, 1.165) is 18.4 Å². The molecule has 1 fully saturated rings. The van der Waals surface area contributed by atoms with Gasteiger partial charge in [-0.05, 0) is 44.4 Å². The molecule has 1 aliphatic rings. The molecule has 6 heteroatoms. The molecule has 2 rings (SSSR count). The molecule has 0 aliphatic carbocycles. The molecule has 0 aromatic heterocycles. The lowest BCUT2D eigenvalue weighted by atomic mass is 9.96. The van der Waals surface area contributed by atoms with Gasteiger partial charge < -0.3 is 20.7 Å². The molecule has 132 valence electrons. The molecule has 0 spiro atoms. The minimum atomic E-state index is -0.572. The molecular formula is C18H27N3O3. The van der Waals surface area contributed by atoms with Gasteiger partial charge in [0.05, 0.1) is 5.92 Å². The quantitative estimate of drug-likeness (QED) is 0.816. The fourth-order valence-corrected chi connectivity index (χ4v) is 2.93. The van der Waals surface area contributed by atoms with Crippen LogP contribution in [-0.4, -0.2) is 49.0 Å². The zero-order chi connectivity index (χ0) is 17.5. The highest BCUT2D eigenvalue weighted by Gasteiger charge is 2.30. The molecule has 6 nitrogen and oxygen atoms in total. The summed E-state index contributed by atoms with van der Waals surface area (Å²) in [7, 11) is 0. The van der Waals surface area contributed by atoms with E-state index < -0.39 is 6.10 Å². The topological polar surface area (TPSA) is 84.7 Å². The van der Waals surface area contributed by atoms with Gasteiger partial charge in [-0.3, -0.25) is 9.59 Å². The number of rotatable bonds is 6. The van der Waals surface area contributed by atoms with E-state index >= 15 is 0 Å². The Morgan fingerprint density at radius 1 is 1.46 bits per heavy atom. The lowest BCUT2D eigenvalue weighted by Gasteiger charge is -2.33. The number of piperidine rings is 1. The Morgan fingerprint density at radius 2 is 2.25 bits per heavy atom. The Kier molecular flexibility index (Phi) is 6.61. The summed E-state index contributed by atoms with van der Waals surface area (Å²) in [6, 6.07) is 7.63. The monoisotopic (exact) mass is 333 g/mol. The molecule has 3 N–H and O–H groups in total. The Morgan fingerprint density at radius 3 is 2.96 bits per heavy atom. The number of likely N-dealkylation sites (tertiary alicyclic amines) is 1. The number of carbonyl (C=O) groups is 2. The van der Waals surface area contributed by atoms with E-state index in [-0.39, 0.29) is 17.7 Å². The summed E-state index contributed by atoms with van der Waals surface area (Å²) in [6.45, 7) is 5.73. The van der Waals surface area contributed by atoms with Gasteiger partial charge in [-0.15, -0.1) is 0 Å². The number of carbonyl (C=O) groups excluding carboxylic acids is 2. The highest BCUT2D eigenvalue weighted by Crippen LogP contribution is 2.19. The fourth-order valence-electron chi connectivity index (χ4n) is 2.93. The Hall–Kier alpha value is -2.08. The van der Waals surface area contributed by atoms with Crippen molar-refractivity contribution in [3.05, 3.63) is 29.8 Å². The number of hydrogen-bond donors (Lipinski definition) is 2. The standard InChI is InChI=1S/C18H27N3O3/c1-13-5-3-7-16(11-13)24-14(2)18(23)21-10-4-6-15(12-21)17(22)20-9-8-19/h3,5,7,11,14-15H,4,6,8-10,12,19H2,1-2H3,(H,20,22). The van der Waals surface area contributed by atoms with Crippen molar-refractivity contribution in [1.29, 1.82) is 0 Å². The molecule has 2 atom stereocenters. The minimum absolute atomic E-state index is 0.0230. The Labute approximate surface area is 143 Å². The molecule has 2 amide bonds. The van der Waals surface area contributed by atoms with Crippen LogP contribution in [0.15, 0.2) is 24.3 Å². The number of nitrogens with two attached hydrogens (primary N) is 1. The van der Waals surface area contributed by atoms with Crippen LogP contribution in [-0.2, 0) is 9.59 Å². The van der Waals surface area contributed by atoms with Crippen LogP contribution in [0.2, 0.25) is 0 Å². The van der Waals surface area contributed by atoms with Crippen LogP contribution < -0.4 is 15.8 Å². The summed E-state index contributed by atoms with van der Waals surface area (Å²) >= 11 is 0. The summed E-state index contributed by atoms with van der Waals surface area (Å²) < 4.78 is 5.76. The van der Waals surface area contributed by atoms with E-state index in [4.69, 9.17) is 10.5 Å². The number of nitrogens with one attached hydrogen (secondary N) is 1. The van der Waals surface area contributed by atoms with Crippen molar-refractivity contribution >= 4 is 11.8 Å². The van der Waals surface area contributed by atoms with Crippen molar-refractivity contribution in [1.82, 2.24) is 10.2 Å². The lowest BCUT2D eigenvalue weighted by Crippen LogP contribution is -2.49. The molecule has 1 aliphatic heterocycles. The van der Waals surface area contributed by atoms with E-state index in [2.05, 4.69) is 5.32 Å². The molecule has 2 unspecified atom stereocenters. The van der Waals surface area contributed by atoms with Crippen molar-refractivity contribution in [2.75, 3.05) is 26.2 Å². The second kappa shape index (κ2) is 8.68. The van der Waals surface area contributed by atoms with Crippen LogP contribution in [0.25, 0.3) is 0 Å². The van der Waals surface area contributed by atoms with Gasteiger partial charge in [-0.1, -0.05) is 12.1 Å². The van der Waals surface area contributed by atoms with E-state index in [1.807, 2.05) is 31.2 Å². The van der Waals surface area contributed by atoms with Crippen molar-refractivity contribution in [3.8, 4) is 5.75 Å². The minimum Gasteiger partial charge on any atom is -0.481 e. The van der Waals surface area contributed by atoms with E-state index in [1.165, 1.54) is 0 Å². The first kappa shape index (κ1) is 18.3. The molecule has 24 heavy (non-hydrogen) atoms. The van der Waals surface area contributed by atoms with E-state index in [1.54, 1.807) is 11.8 Å². The third-order valence-electron chi connectivity index (χ3n) is 4.20. The molecular weight excluding hydrogens is 306 g/mol. The first-order valence-electron chi connectivity index (χ1n) is 8.51. The van der Waals surface area contributed by atoms with E-state index in [0.29, 0.717) is 31.9 Å². The summed E-state index contributed by atoms with van der Waals surface area (Å²) in [5.74, 6) is 0.420. The zero-order valence-corrected chi connectivity index (χ0v) is 14.5. The second-order valence-electron chi connectivity index (χ2n) is 6.28. The number of hydrogen-bond acceptors (Lipinski definition) is 4. The van der Waals surface area contributed by atoms with Crippen LogP contribution >= 0.6 is 0 Å². The van der Waals surface area contributed by atoms with Crippen LogP contribution in [0.4, 0.5) is 0 Å². The van der Waals surface area contributed by atoms with Crippen LogP contribution in [0.1, 0.15) is 25.3 Å². The summed E-state index contributed by atoms with van der Waals surface area (Å²) in [6.07, 6.45) is 1.05. The third kappa shape index (κ3) is 4.96. The molecule has 0 radical (unpaired) electrons. The number of ether oxygens (including phenoxy) is 1. The number of benzene rings is 1. The van der Waals surface area contributed by atoms with Gasteiger partial charge in [0.25, 0.3) is 5.91 Å². The van der Waals surface area contributed by atoms with E-state index in [9.17, 15) is 9.59 Å². The van der Waals surface area contributed by atoms with Crippen molar-refractivity contribution in [3.63, 3.8) is 0 Å².